The summed E-state index contributed by atoms with van der Waals surface area (Å²) in [6.45, 7) is -0.300. The summed E-state index contributed by atoms with van der Waals surface area (Å²) >= 11 is 1.39. The molecule has 50 valence electrons. The lowest BCUT2D eigenvalue weighted by Crippen LogP contribution is -1.80. The highest BCUT2D eigenvalue weighted by atomic mass is 32.2. The van der Waals surface area contributed by atoms with E-state index in [-0.39, 0.29) is 6.67 Å². The summed E-state index contributed by atoms with van der Waals surface area (Å²) in [4.78, 5) is 6.75. The predicted octanol–water partition coefficient (Wildman–Crippen LogP) is 1.47. The first-order chi connectivity index (χ1) is 4.43. The number of H-pyrrole nitrogens is 1. The molecule has 0 aliphatic carbocycles. The molecule has 1 aromatic heterocycles. The summed E-state index contributed by atoms with van der Waals surface area (Å²) in [5.74, 6) is 0.480. The monoisotopic (exact) mass is 146 g/mol. The number of nitrogens with zero attached hydrogens (tertiary/aromatic N) is 1. The van der Waals surface area contributed by atoms with E-state index in [1.807, 2.05) is 0 Å². The Morgan fingerprint density at radius 1 is 1.78 bits per heavy atom. The van der Waals surface area contributed by atoms with Gasteiger partial charge in [0.05, 0.1) is 6.67 Å². The Morgan fingerprint density at radius 2 is 2.67 bits per heavy atom. The van der Waals surface area contributed by atoms with E-state index in [2.05, 4.69) is 9.97 Å². The van der Waals surface area contributed by atoms with E-state index in [9.17, 15) is 4.39 Å². The standard InChI is InChI=1S/C5H7FN2S/c6-1-4-9-5-7-2-3-8-5/h2-3H,1,4H2,(H,7,8). The third-order valence-corrected chi connectivity index (χ3v) is 1.64. The molecule has 0 aliphatic rings. The van der Waals surface area contributed by atoms with Gasteiger partial charge in [-0.3, -0.25) is 4.39 Å². The van der Waals surface area contributed by atoms with Crippen LogP contribution in [-0.2, 0) is 0 Å². The van der Waals surface area contributed by atoms with Gasteiger partial charge in [-0.05, 0) is 0 Å². The fourth-order valence-corrected chi connectivity index (χ4v) is 1.02. The number of imidazole rings is 1. The van der Waals surface area contributed by atoms with Crippen LogP contribution in [0.5, 0.6) is 0 Å². The topological polar surface area (TPSA) is 28.7 Å². The highest BCUT2D eigenvalue weighted by Crippen LogP contribution is 2.09. The molecule has 1 rings (SSSR count). The zero-order valence-corrected chi connectivity index (χ0v) is 5.62. The zero-order chi connectivity index (χ0) is 6.53. The van der Waals surface area contributed by atoms with E-state index in [1.165, 1.54) is 11.8 Å². The van der Waals surface area contributed by atoms with Gasteiger partial charge in [-0.2, -0.15) is 0 Å². The zero-order valence-electron chi connectivity index (χ0n) is 4.80. The van der Waals surface area contributed by atoms with Crippen molar-refractivity contribution in [2.45, 2.75) is 5.16 Å². The Balaban J connectivity index is 2.30. The Hall–Kier alpha value is -0.510. The van der Waals surface area contributed by atoms with Crippen molar-refractivity contribution in [3.05, 3.63) is 12.4 Å². The molecule has 0 unspecified atom stereocenters. The average Bonchev–Trinajstić information content (AvgIpc) is 2.34. The molecule has 0 spiro atoms. The summed E-state index contributed by atoms with van der Waals surface area (Å²) in [5, 5.41) is 0.785. The molecule has 0 radical (unpaired) electrons. The molecular weight excluding hydrogens is 139 g/mol. The van der Waals surface area contributed by atoms with Crippen LogP contribution < -0.4 is 0 Å². The van der Waals surface area contributed by atoms with Crippen LogP contribution in [0.15, 0.2) is 17.6 Å². The third kappa shape index (κ3) is 2.05. The number of rotatable bonds is 3. The van der Waals surface area contributed by atoms with Gasteiger partial charge in [-0.1, -0.05) is 11.8 Å². The summed E-state index contributed by atoms with van der Waals surface area (Å²) in [6.07, 6.45) is 3.38. The van der Waals surface area contributed by atoms with Gasteiger partial charge in [-0.25, -0.2) is 4.98 Å². The van der Waals surface area contributed by atoms with E-state index in [4.69, 9.17) is 0 Å². The fraction of sp³-hybridized carbons (Fsp3) is 0.400. The largest absolute Gasteiger partial charge is 0.340 e. The smallest absolute Gasteiger partial charge is 0.165 e. The van der Waals surface area contributed by atoms with Gasteiger partial charge in [0.1, 0.15) is 0 Å². The number of aromatic nitrogens is 2. The average molecular weight is 146 g/mol. The van der Waals surface area contributed by atoms with Gasteiger partial charge >= 0.3 is 0 Å². The summed E-state index contributed by atoms with van der Waals surface area (Å²) in [5.41, 5.74) is 0. The van der Waals surface area contributed by atoms with Crippen LogP contribution in [0.3, 0.4) is 0 Å². The molecule has 2 nitrogen and oxygen atoms in total. The number of nitrogens with one attached hydrogen (secondary N) is 1. The predicted molar refractivity (Wildman–Crippen MR) is 35.3 cm³/mol. The SMILES string of the molecule is FCCSc1ncc[nH]1. The second-order valence-corrected chi connectivity index (χ2v) is 2.52. The first kappa shape index (κ1) is 6.61. The molecule has 0 bridgehead atoms. The molecule has 1 aromatic rings. The van der Waals surface area contributed by atoms with E-state index in [0.717, 1.165) is 5.16 Å². The van der Waals surface area contributed by atoms with Crippen molar-refractivity contribution in [3.8, 4) is 0 Å². The molecule has 0 saturated carbocycles. The van der Waals surface area contributed by atoms with Crippen LogP contribution in [-0.4, -0.2) is 22.4 Å². The van der Waals surface area contributed by atoms with Crippen LogP contribution >= 0.6 is 11.8 Å². The normalized spacial score (nSPS) is 9.89. The fourth-order valence-electron chi connectivity index (χ4n) is 0.465. The molecule has 0 fully saturated rings. The van der Waals surface area contributed by atoms with Gasteiger partial charge < -0.3 is 4.98 Å². The van der Waals surface area contributed by atoms with Crippen LogP contribution in [0.4, 0.5) is 4.39 Å². The quantitative estimate of drug-likeness (QED) is 0.654. The Labute approximate surface area is 56.9 Å². The van der Waals surface area contributed by atoms with Crippen LogP contribution in [0.1, 0.15) is 0 Å². The molecule has 0 atom stereocenters. The molecule has 0 amide bonds. The first-order valence-corrected chi connectivity index (χ1v) is 3.60. The van der Waals surface area contributed by atoms with Crippen LogP contribution in [0.25, 0.3) is 0 Å². The highest BCUT2D eigenvalue weighted by molar-refractivity contribution is 7.99. The number of hydrogen-bond donors (Lipinski definition) is 1. The first-order valence-electron chi connectivity index (χ1n) is 2.61. The molecule has 0 aromatic carbocycles. The Bertz CT molecular complexity index is 152. The number of thioether (sulfide) groups is 1. The third-order valence-electron chi connectivity index (χ3n) is 0.789. The van der Waals surface area contributed by atoms with Crippen LogP contribution in [0.2, 0.25) is 0 Å². The lowest BCUT2D eigenvalue weighted by Gasteiger charge is -1.88. The van der Waals surface area contributed by atoms with Crippen molar-refractivity contribution in [2.75, 3.05) is 12.4 Å². The van der Waals surface area contributed by atoms with Crippen molar-refractivity contribution in [3.63, 3.8) is 0 Å². The number of halogens is 1. The van der Waals surface area contributed by atoms with E-state index in [1.54, 1.807) is 12.4 Å². The summed E-state index contributed by atoms with van der Waals surface area (Å²) < 4.78 is 11.5. The Morgan fingerprint density at radius 3 is 3.22 bits per heavy atom. The van der Waals surface area contributed by atoms with Gasteiger partial charge in [0, 0.05) is 18.1 Å². The molecule has 9 heavy (non-hydrogen) atoms. The number of alkyl halides is 1. The van der Waals surface area contributed by atoms with Gasteiger partial charge in [0.2, 0.25) is 0 Å². The van der Waals surface area contributed by atoms with E-state index < -0.39 is 0 Å². The van der Waals surface area contributed by atoms with Crippen LogP contribution in [0, 0.1) is 0 Å². The maximum absolute atomic E-state index is 11.5. The Kier molecular flexibility index (Phi) is 2.57. The molecule has 1 heterocycles. The minimum atomic E-state index is -0.300. The number of hydrogen-bond acceptors (Lipinski definition) is 2. The van der Waals surface area contributed by atoms with Crippen molar-refractivity contribution in [2.24, 2.45) is 0 Å². The molecule has 0 aliphatic heterocycles. The van der Waals surface area contributed by atoms with E-state index >= 15 is 0 Å². The lowest BCUT2D eigenvalue weighted by atomic mass is 10.9. The maximum Gasteiger partial charge on any atom is 0.165 e. The van der Waals surface area contributed by atoms with Crippen molar-refractivity contribution in [1.82, 2.24) is 9.97 Å². The molecule has 0 saturated heterocycles. The highest BCUT2D eigenvalue weighted by Gasteiger charge is 1.92. The van der Waals surface area contributed by atoms with Gasteiger partial charge in [-0.15, -0.1) is 0 Å². The number of aromatic amines is 1. The minimum absolute atomic E-state index is 0.300. The van der Waals surface area contributed by atoms with Gasteiger partial charge in [0.25, 0.3) is 0 Å². The van der Waals surface area contributed by atoms with E-state index in [0.29, 0.717) is 5.75 Å². The summed E-state index contributed by atoms with van der Waals surface area (Å²) in [6, 6.07) is 0. The van der Waals surface area contributed by atoms with Crippen molar-refractivity contribution >= 4 is 11.8 Å². The molecule has 1 N–H and O–H groups in total. The van der Waals surface area contributed by atoms with Crippen molar-refractivity contribution < 1.29 is 4.39 Å². The molecule has 4 heteroatoms. The van der Waals surface area contributed by atoms with Gasteiger partial charge in [0.15, 0.2) is 5.16 Å². The molecular formula is C5H7FN2S. The van der Waals surface area contributed by atoms with Crippen molar-refractivity contribution in [1.29, 1.82) is 0 Å². The summed E-state index contributed by atoms with van der Waals surface area (Å²) in [7, 11) is 0. The minimum Gasteiger partial charge on any atom is -0.340 e. The lowest BCUT2D eigenvalue weighted by molar-refractivity contribution is 0.532. The second kappa shape index (κ2) is 3.50. The maximum atomic E-state index is 11.5. The second-order valence-electron chi connectivity index (χ2n) is 1.43.